The molecule has 78 valence electrons. The Kier molecular flexibility index (Phi) is 3.29. The van der Waals surface area contributed by atoms with E-state index in [9.17, 15) is 13.6 Å². The third-order valence-electron chi connectivity index (χ3n) is 1.77. The summed E-state index contributed by atoms with van der Waals surface area (Å²) in [6.45, 7) is 0. The quantitative estimate of drug-likeness (QED) is 0.715. The number of rotatable bonds is 3. The molecular weight excluding hydrogens is 206 g/mol. The molecular formula is C9H6F2N2O2. The Bertz CT molecular complexity index is 427. The second-order valence-electron chi connectivity index (χ2n) is 2.54. The number of methoxy groups -OCH3 is 1. The van der Waals surface area contributed by atoms with Gasteiger partial charge in [0.15, 0.2) is 6.29 Å². The summed E-state index contributed by atoms with van der Waals surface area (Å²) in [6.07, 6.45) is -1.69. The Labute approximate surface area is 84.1 Å². The number of halogens is 2. The van der Waals surface area contributed by atoms with Gasteiger partial charge in [0.05, 0.1) is 18.2 Å². The van der Waals surface area contributed by atoms with Crippen molar-refractivity contribution in [2.24, 2.45) is 0 Å². The normalized spacial score (nSPS) is 9.80. The lowest BCUT2D eigenvalue weighted by molar-refractivity contribution is 0.110. The molecule has 0 atom stereocenters. The van der Waals surface area contributed by atoms with Crippen LogP contribution in [0.25, 0.3) is 0 Å². The molecule has 1 aromatic heterocycles. The molecule has 0 radical (unpaired) electrons. The summed E-state index contributed by atoms with van der Waals surface area (Å²) in [7, 11) is 1.16. The van der Waals surface area contributed by atoms with Crippen LogP contribution in [0.4, 0.5) is 8.78 Å². The molecule has 0 unspecified atom stereocenters. The zero-order chi connectivity index (χ0) is 11.4. The van der Waals surface area contributed by atoms with E-state index in [4.69, 9.17) is 5.26 Å². The van der Waals surface area contributed by atoms with E-state index < -0.39 is 12.0 Å². The molecule has 6 heteroatoms. The number of nitrogens with zero attached hydrogens (tertiary/aromatic N) is 2. The first-order valence-electron chi connectivity index (χ1n) is 3.86. The maximum atomic E-state index is 12.6. The first kappa shape index (κ1) is 11.0. The maximum absolute atomic E-state index is 12.6. The van der Waals surface area contributed by atoms with E-state index in [0.717, 1.165) is 13.3 Å². The van der Waals surface area contributed by atoms with Crippen LogP contribution in [0.15, 0.2) is 6.20 Å². The molecule has 0 aliphatic heterocycles. The van der Waals surface area contributed by atoms with Crippen molar-refractivity contribution in [3.8, 4) is 11.9 Å². The number of ether oxygens (including phenoxy) is 1. The fraction of sp³-hybridized carbons (Fsp3) is 0.222. The Morgan fingerprint density at radius 1 is 1.67 bits per heavy atom. The predicted octanol–water partition coefficient (Wildman–Crippen LogP) is 1.71. The molecule has 1 rings (SSSR count). The second kappa shape index (κ2) is 4.46. The van der Waals surface area contributed by atoms with Gasteiger partial charge in [0, 0.05) is 11.8 Å². The number of nitriles is 1. The lowest BCUT2D eigenvalue weighted by Gasteiger charge is -2.09. The molecule has 1 heterocycles. The van der Waals surface area contributed by atoms with Crippen LogP contribution < -0.4 is 4.74 Å². The van der Waals surface area contributed by atoms with Crippen molar-refractivity contribution in [1.82, 2.24) is 4.98 Å². The third kappa shape index (κ3) is 1.91. The summed E-state index contributed by atoms with van der Waals surface area (Å²) >= 11 is 0. The van der Waals surface area contributed by atoms with Crippen LogP contribution in [0.5, 0.6) is 5.88 Å². The Morgan fingerprint density at radius 3 is 2.73 bits per heavy atom. The fourth-order valence-electron chi connectivity index (χ4n) is 1.11. The largest absolute Gasteiger partial charge is 0.481 e. The van der Waals surface area contributed by atoms with E-state index in [1.54, 1.807) is 6.07 Å². The fourth-order valence-corrected chi connectivity index (χ4v) is 1.11. The number of aldehydes is 1. The standard InChI is InChI=1S/C9H6F2N2O2/c1-15-9-7(8(10)11)6(4-14)5(2-12)3-13-9/h3-4,8H,1H3. The molecule has 0 fully saturated rings. The molecule has 0 aromatic carbocycles. The van der Waals surface area contributed by atoms with Crippen LogP contribution in [0.2, 0.25) is 0 Å². The van der Waals surface area contributed by atoms with Gasteiger partial charge in [0.2, 0.25) is 5.88 Å². The lowest BCUT2D eigenvalue weighted by Crippen LogP contribution is -2.03. The predicted molar refractivity (Wildman–Crippen MR) is 45.8 cm³/mol. The SMILES string of the molecule is COc1ncc(C#N)c(C=O)c1C(F)F. The first-order chi connectivity index (χ1) is 7.15. The van der Waals surface area contributed by atoms with Gasteiger partial charge in [-0.2, -0.15) is 5.26 Å². The summed E-state index contributed by atoms with van der Waals surface area (Å²) in [5.41, 5.74) is -1.22. The molecule has 15 heavy (non-hydrogen) atoms. The van der Waals surface area contributed by atoms with Crippen LogP contribution >= 0.6 is 0 Å². The van der Waals surface area contributed by atoms with Crippen LogP contribution in [0.3, 0.4) is 0 Å². The molecule has 0 N–H and O–H groups in total. The summed E-state index contributed by atoms with van der Waals surface area (Å²) in [4.78, 5) is 14.1. The van der Waals surface area contributed by atoms with Crippen molar-refractivity contribution in [3.05, 3.63) is 22.9 Å². The molecule has 0 saturated carbocycles. The van der Waals surface area contributed by atoms with Crippen molar-refractivity contribution in [2.75, 3.05) is 7.11 Å². The van der Waals surface area contributed by atoms with Crippen LogP contribution in [0, 0.1) is 11.3 Å². The zero-order valence-electron chi connectivity index (χ0n) is 7.70. The summed E-state index contributed by atoms with van der Waals surface area (Å²) in [5, 5.41) is 8.58. The lowest BCUT2D eigenvalue weighted by atomic mass is 10.1. The van der Waals surface area contributed by atoms with Crippen molar-refractivity contribution in [3.63, 3.8) is 0 Å². The average molecular weight is 212 g/mol. The van der Waals surface area contributed by atoms with Crippen molar-refractivity contribution in [2.45, 2.75) is 6.43 Å². The van der Waals surface area contributed by atoms with Gasteiger partial charge in [-0.05, 0) is 0 Å². The third-order valence-corrected chi connectivity index (χ3v) is 1.77. The topological polar surface area (TPSA) is 63.0 Å². The molecule has 0 amide bonds. The van der Waals surface area contributed by atoms with Crippen molar-refractivity contribution < 1.29 is 18.3 Å². The van der Waals surface area contributed by atoms with Crippen LogP contribution in [-0.2, 0) is 0 Å². The minimum absolute atomic E-state index is 0.193. The molecule has 0 spiro atoms. The highest BCUT2D eigenvalue weighted by Crippen LogP contribution is 2.31. The Hall–Kier alpha value is -2.03. The molecule has 4 nitrogen and oxygen atoms in total. The maximum Gasteiger partial charge on any atom is 0.269 e. The Morgan fingerprint density at radius 2 is 2.33 bits per heavy atom. The minimum Gasteiger partial charge on any atom is -0.481 e. The highest BCUT2D eigenvalue weighted by Gasteiger charge is 2.22. The molecule has 0 bridgehead atoms. The van der Waals surface area contributed by atoms with Crippen molar-refractivity contribution >= 4 is 6.29 Å². The molecule has 0 saturated heterocycles. The number of aromatic nitrogens is 1. The van der Waals surface area contributed by atoms with E-state index in [1.165, 1.54) is 0 Å². The second-order valence-corrected chi connectivity index (χ2v) is 2.54. The van der Waals surface area contributed by atoms with E-state index in [1.807, 2.05) is 0 Å². The minimum atomic E-state index is -2.92. The van der Waals surface area contributed by atoms with E-state index in [2.05, 4.69) is 9.72 Å². The van der Waals surface area contributed by atoms with E-state index in [-0.39, 0.29) is 23.3 Å². The molecule has 1 aromatic rings. The van der Waals surface area contributed by atoms with Gasteiger partial charge in [0.25, 0.3) is 6.43 Å². The van der Waals surface area contributed by atoms with Gasteiger partial charge in [-0.15, -0.1) is 0 Å². The van der Waals surface area contributed by atoms with Crippen LogP contribution in [-0.4, -0.2) is 18.4 Å². The van der Waals surface area contributed by atoms with Gasteiger partial charge in [-0.3, -0.25) is 4.79 Å². The number of alkyl halides is 2. The highest BCUT2D eigenvalue weighted by atomic mass is 19.3. The van der Waals surface area contributed by atoms with E-state index in [0.29, 0.717) is 0 Å². The Balaban J connectivity index is 3.53. The number of hydrogen-bond donors (Lipinski definition) is 0. The van der Waals surface area contributed by atoms with Gasteiger partial charge in [-0.1, -0.05) is 0 Å². The number of carbonyl (C=O) groups excluding carboxylic acids is 1. The van der Waals surface area contributed by atoms with Crippen LogP contribution in [0.1, 0.15) is 27.9 Å². The van der Waals surface area contributed by atoms with Gasteiger partial charge >= 0.3 is 0 Å². The monoisotopic (exact) mass is 212 g/mol. The van der Waals surface area contributed by atoms with Gasteiger partial charge in [-0.25, -0.2) is 13.8 Å². The number of pyridine rings is 1. The molecule has 0 aliphatic rings. The number of carbonyl (C=O) groups is 1. The molecule has 0 aliphatic carbocycles. The summed E-state index contributed by atoms with van der Waals surface area (Å²) < 4.78 is 29.8. The smallest absolute Gasteiger partial charge is 0.269 e. The summed E-state index contributed by atoms with van der Waals surface area (Å²) in [6, 6.07) is 1.61. The average Bonchev–Trinajstić information content (AvgIpc) is 2.26. The van der Waals surface area contributed by atoms with Crippen molar-refractivity contribution in [1.29, 1.82) is 5.26 Å². The van der Waals surface area contributed by atoms with Gasteiger partial charge in [0.1, 0.15) is 6.07 Å². The first-order valence-corrected chi connectivity index (χ1v) is 3.86. The van der Waals surface area contributed by atoms with E-state index >= 15 is 0 Å². The van der Waals surface area contributed by atoms with Gasteiger partial charge < -0.3 is 4.74 Å². The number of hydrogen-bond acceptors (Lipinski definition) is 4. The highest BCUT2D eigenvalue weighted by molar-refractivity contribution is 5.82. The summed E-state index contributed by atoms with van der Waals surface area (Å²) in [5.74, 6) is -0.342. The zero-order valence-corrected chi connectivity index (χ0v) is 7.70.